The van der Waals surface area contributed by atoms with Crippen LogP contribution in [0.15, 0.2) is 23.6 Å². The Morgan fingerprint density at radius 3 is 2.90 bits per heavy atom. The van der Waals surface area contributed by atoms with E-state index in [0.29, 0.717) is 5.28 Å². The van der Waals surface area contributed by atoms with Crippen molar-refractivity contribution in [2.75, 3.05) is 11.4 Å². The summed E-state index contributed by atoms with van der Waals surface area (Å²) in [5, 5.41) is 3.51. The van der Waals surface area contributed by atoms with E-state index in [1.807, 2.05) is 0 Å². The second-order valence-corrected chi connectivity index (χ2v) is 7.09. The molecule has 0 N–H and O–H groups in total. The molecule has 0 aliphatic rings. The van der Waals surface area contributed by atoms with Crippen molar-refractivity contribution in [1.82, 2.24) is 9.97 Å². The molecule has 0 saturated heterocycles. The maximum atomic E-state index is 6.08. The van der Waals surface area contributed by atoms with Crippen molar-refractivity contribution in [3.05, 3.63) is 38.6 Å². The van der Waals surface area contributed by atoms with Crippen LogP contribution in [0.2, 0.25) is 5.28 Å². The molecule has 3 aromatic rings. The first kappa shape index (κ1) is 13.8. The van der Waals surface area contributed by atoms with Crippen molar-refractivity contribution in [3.8, 4) is 0 Å². The molecule has 104 valence electrons. The summed E-state index contributed by atoms with van der Waals surface area (Å²) in [5.41, 5.74) is 0. The van der Waals surface area contributed by atoms with E-state index < -0.39 is 0 Å². The third-order valence-electron chi connectivity index (χ3n) is 3.08. The molecule has 0 amide bonds. The first-order valence-electron chi connectivity index (χ1n) is 6.38. The van der Waals surface area contributed by atoms with Crippen LogP contribution in [0.3, 0.4) is 0 Å². The van der Waals surface area contributed by atoms with Crippen LogP contribution >= 0.6 is 34.3 Å². The van der Waals surface area contributed by atoms with Gasteiger partial charge in [-0.2, -0.15) is 4.98 Å². The van der Waals surface area contributed by atoms with Crippen LogP contribution in [0.1, 0.15) is 16.7 Å². The molecule has 3 nitrogen and oxygen atoms in total. The van der Waals surface area contributed by atoms with Crippen molar-refractivity contribution in [3.63, 3.8) is 0 Å². The summed E-state index contributed by atoms with van der Waals surface area (Å²) in [5.74, 6) is 0.931. The molecule has 0 radical (unpaired) electrons. The Labute approximate surface area is 130 Å². The third-order valence-corrected chi connectivity index (χ3v) is 5.05. The van der Waals surface area contributed by atoms with E-state index in [0.717, 1.165) is 29.1 Å². The van der Waals surface area contributed by atoms with Crippen LogP contribution in [0.5, 0.6) is 0 Å². The molecule has 0 aliphatic heterocycles. The molecule has 0 aliphatic carbocycles. The highest BCUT2D eigenvalue weighted by molar-refractivity contribution is 7.18. The van der Waals surface area contributed by atoms with Crippen molar-refractivity contribution < 1.29 is 0 Å². The van der Waals surface area contributed by atoms with Gasteiger partial charge in [0.25, 0.3) is 0 Å². The summed E-state index contributed by atoms with van der Waals surface area (Å²) in [6.07, 6.45) is 0. The highest BCUT2D eigenvalue weighted by Crippen LogP contribution is 2.32. The minimum absolute atomic E-state index is 0.318. The predicted octanol–water partition coefficient (Wildman–Crippen LogP) is 4.74. The number of halogens is 1. The number of aryl methyl sites for hydroxylation is 1. The normalized spacial score (nSPS) is 11.2. The zero-order valence-electron chi connectivity index (χ0n) is 11.3. The molecule has 6 heteroatoms. The lowest BCUT2D eigenvalue weighted by Gasteiger charge is -2.22. The molecule has 0 bridgehead atoms. The van der Waals surface area contributed by atoms with Crippen LogP contribution in [-0.2, 0) is 6.54 Å². The molecule has 20 heavy (non-hydrogen) atoms. The summed E-state index contributed by atoms with van der Waals surface area (Å²) >= 11 is 9.49. The van der Waals surface area contributed by atoms with Gasteiger partial charge in [-0.25, -0.2) is 4.98 Å². The van der Waals surface area contributed by atoms with Gasteiger partial charge in [-0.05, 0) is 43.0 Å². The monoisotopic (exact) mass is 323 g/mol. The first-order chi connectivity index (χ1) is 9.67. The maximum absolute atomic E-state index is 6.08. The lowest BCUT2D eigenvalue weighted by atomic mass is 10.3. The van der Waals surface area contributed by atoms with E-state index in [4.69, 9.17) is 11.6 Å². The second kappa shape index (κ2) is 5.68. The highest BCUT2D eigenvalue weighted by Gasteiger charge is 2.15. The fraction of sp³-hybridized carbons (Fsp3) is 0.286. The minimum atomic E-state index is 0.318. The van der Waals surface area contributed by atoms with Gasteiger partial charge in [0, 0.05) is 16.3 Å². The van der Waals surface area contributed by atoms with Crippen LogP contribution < -0.4 is 4.90 Å². The Balaban J connectivity index is 2.06. The Bertz CT molecular complexity index is 721. The molecular formula is C14H14ClN3S2. The summed E-state index contributed by atoms with van der Waals surface area (Å²) < 4.78 is 0. The highest BCUT2D eigenvalue weighted by atomic mass is 35.5. The molecule has 0 saturated carbocycles. The van der Waals surface area contributed by atoms with Gasteiger partial charge in [0.05, 0.1) is 11.9 Å². The fourth-order valence-electron chi connectivity index (χ4n) is 2.17. The largest absolute Gasteiger partial charge is 0.351 e. The summed E-state index contributed by atoms with van der Waals surface area (Å²) in [6.45, 7) is 5.95. The Kier molecular flexibility index (Phi) is 3.92. The molecule has 3 rings (SSSR count). The molecule has 0 aromatic carbocycles. The number of aromatic nitrogens is 2. The van der Waals surface area contributed by atoms with Gasteiger partial charge in [-0.15, -0.1) is 22.7 Å². The van der Waals surface area contributed by atoms with E-state index in [2.05, 4.69) is 52.3 Å². The molecule has 0 atom stereocenters. The lowest BCUT2D eigenvalue weighted by Crippen LogP contribution is -2.23. The van der Waals surface area contributed by atoms with Gasteiger partial charge in [-0.1, -0.05) is 6.07 Å². The minimum Gasteiger partial charge on any atom is -0.351 e. The van der Waals surface area contributed by atoms with Gasteiger partial charge in [0.15, 0.2) is 0 Å². The number of anilines is 1. The number of hydrogen-bond acceptors (Lipinski definition) is 5. The number of nitrogens with zero attached hydrogens (tertiary/aromatic N) is 3. The summed E-state index contributed by atoms with van der Waals surface area (Å²) in [4.78, 5) is 14.5. The zero-order valence-corrected chi connectivity index (χ0v) is 13.6. The second-order valence-electron chi connectivity index (χ2n) is 4.49. The van der Waals surface area contributed by atoms with Crippen LogP contribution in [0, 0.1) is 6.92 Å². The smallest absolute Gasteiger partial charge is 0.225 e. The van der Waals surface area contributed by atoms with E-state index in [1.54, 1.807) is 22.7 Å². The first-order valence-corrected chi connectivity index (χ1v) is 8.46. The lowest BCUT2D eigenvalue weighted by molar-refractivity contribution is 0.826. The number of fused-ring (bicyclic) bond motifs is 1. The maximum Gasteiger partial charge on any atom is 0.225 e. The van der Waals surface area contributed by atoms with Crippen molar-refractivity contribution in [2.24, 2.45) is 0 Å². The quantitative estimate of drug-likeness (QED) is 0.649. The molecule has 3 aromatic heterocycles. The average molecular weight is 324 g/mol. The van der Waals surface area contributed by atoms with Gasteiger partial charge < -0.3 is 4.90 Å². The van der Waals surface area contributed by atoms with Crippen LogP contribution in [-0.4, -0.2) is 16.5 Å². The van der Waals surface area contributed by atoms with Crippen molar-refractivity contribution in [1.29, 1.82) is 0 Å². The van der Waals surface area contributed by atoms with Crippen LogP contribution in [0.25, 0.3) is 10.2 Å². The standard InChI is InChI=1S/C14H14ClN3S2/c1-3-18(8-10-5-4-6-19-10)12-11-7-9(2)20-13(11)17-14(15)16-12/h4-7H,3,8H2,1-2H3. The van der Waals surface area contributed by atoms with E-state index >= 15 is 0 Å². The average Bonchev–Trinajstić information content (AvgIpc) is 3.03. The SMILES string of the molecule is CCN(Cc1cccs1)c1nc(Cl)nc2sc(C)cc12. The summed E-state index contributed by atoms with van der Waals surface area (Å²) in [6, 6.07) is 6.36. The van der Waals surface area contributed by atoms with Gasteiger partial charge >= 0.3 is 0 Å². The molecule has 0 unspecified atom stereocenters. The Hall–Kier alpha value is -1.17. The van der Waals surface area contributed by atoms with Gasteiger partial charge in [0.2, 0.25) is 5.28 Å². The van der Waals surface area contributed by atoms with Crippen molar-refractivity contribution in [2.45, 2.75) is 20.4 Å². The Morgan fingerprint density at radius 1 is 1.35 bits per heavy atom. The van der Waals surface area contributed by atoms with Gasteiger partial charge in [0.1, 0.15) is 10.6 Å². The van der Waals surface area contributed by atoms with E-state index in [-0.39, 0.29) is 0 Å². The molecular weight excluding hydrogens is 310 g/mol. The Morgan fingerprint density at radius 2 is 2.20 bits per heavy atom. The number of thiophene rings is 2. The third kappa shape index (κ3) is 2.66. The molecule has 0 spiro atoms. The zero-order chi connectivity index (χ0) is 14.1. The molecule has 0 fully saturated rings. The van der Waals surface area contributed by atoms with E-state index in [1.165, 1.54) is 9.75 Å². The van der Waals surface area contributed by atoms with Crippen LogP contribution in [0.4, 0.5) is 5.82 Å². The topological polar surface area (TPSA) is 29.0 Å². The number of hydrogen-bond donors (Lipinski definition) is 0. The fourth-order valence-corrected chi connectivity index (χ4v) is 3.98. The summed E-state index contributed by atoms with van der Waals surface area (Å²) in [7, 11) is 0. The van der Waals surface area contributed by atoms with E-state index in [9.17, 15) is 0 Å². The molecule has 3 heterocycles. The van der Waals surface area contributed by atoms with Crippen molar-refractivity contribution >= 4 is 50.3 Å². The van der Waals surface area contributed by atoms with Gasteiger partial charge in [-0.3, -0.25) is 0 Å². The number of rotatable bonds is 4. The predicted molar refractivity (Wildman–Crippen MR) is 88.2 cm³/mol.